The summed E-state index contributed by atoms with van der Waals surface area (Å²) in [5.74, 6) is -16.2. The zero-order chi connectivity index (χ0) is 18.1. The summed E-state index contributed by atoms with van der Waals surface area (Å²) in [5, 5.41) is -6.43. The van der Waals surface area contributed by atoms with E-state index in [1.54, 1.807) is 0 Å². The highest BCUT2D eigenvalue weighted by Gasteiger charge is 2.83. The molecule has 0 saturated carbocycles. The van der Waals surface area contributed by atoms with Gasteiger partial charge in [-0.2, -0.15) is 39.5 Å². The fourth-order valence-electron chi connectivity index (χ4n) is 0.919. The van der Waals surface area contributed by atoms with Gasteiger partial charge in [0, 0.05) is 0 Å². The van der Waals surface area contributed by atoms with E-state index in [0.29, 0.717) is 0 Å². The molecule has 0 heterocycles. The summed E-state index contributed by atoms with van der Waals surface area (Å²) in [6.07, 6.45) is -7.05. The van der Waals surface area contributed by atoms with Gasteiger partial charge in [-0.25, -0.2) is 9.00 Å². The molecule has 0 aromatic rings. The lowest BCUT2D eigenvalue weighted by Gasteiger charge is -2.32. The molecule has 0 saturated heterocycles. The molecule has 1 atom stereocenters. The number of rotatable bonds is 6. The van der Waals surface area contributed by atoms with Crippen LogP contribution in [0.3, 0.4) is 0 Å². The number of carbonyl (C=O) groups excluding carboxylic acids is 1. The van der Waals surface area contributed by atoms with Crippen molar-refractivity contribution >= 4 is 16.8 Å². The van der Waals surface area contributed by atoms with E-state index in [0.717, 1.165) is 6.92 Å². The van der Waals surface area contributed by atoms with Crippen molar-refractivity contribution in [3.63, 3.8) is 0 Å². The average molecular weight is 366 g/mol. The Balaban J connectivity index is 5.77. The maximum Gasteiger partial charge on any atom is 0.460 e. The summed E-state index contributed by atoms with van der Waals surface area (Å²) < 4.78 is 128. The molecule has 0 bridgehead atoms. The van der Waals surface area contributed by atoms with E-state index in [1.165, 1.54) is 0 Å². The van der Waals surface area contributed by atoms with Crippen molar-refractivity contribution in [2.24, 2.45) is 0 Å². The Bertz CT molecular complexity index is 483. The lowest BCUT2D eigenvalue weighted by Crippen LogP contribution is -2.62. The minimum atomic E-state index is -7.20. The molecule has 22 heavy (non-hydrogen) atoms. The Morgan fingerprint density at radius 3 is 1.73 bits per heavy atom. The Morgan fingerprint density at radius 1 is 1.00 bits per heavy atom. The first-order valence-corrected chi connectivity index (χ1v) is 6.18. The van der Waals surface area contributed by atoms with E-state index in [2.05, 4.69) is 11.3 Å². The molecule has 0 spiro atoms. The number of esters is 1. The summed E-state index contributed by atoms with van der Waals surface area (Å²) >= 11 is 0. The van der Waals surface area contributed by atoms with Crippen LogP contribution in [0.4, 0.5) is 39.5 Å². The molecule has 0 fully saturated rings. The Kier molecular flexibility index (Phi) is 5.73. The van der Waals surface area contributed by atoms with Crippen LogP contribution < -0.4 is 0 Å². The monoisotopic (exact) mass is 366 g/mol. The van der Waals surface area contributed by atoms with E-state index in [1.807, 2.05) is 0 Å². The second-order valence-corrected chi connectivity index (χ2v) is 5.12. The summed E-state index contributed by atoms with van der Waals surface area (Å²) in [5.41, 5.74) is 0. The van der Waals surface area contributed by atoms with Gasteiger partial charge in [-0.3, -0.25) is 0 Å². The van der Waals surface area contributed by atoms with E-state index in [-0.39, 0.29) is 0 Å². The van der Waals surface area contributed by atoms with E-state index >= 15 is 0 Å². The third-order valence-electron chi connectivity index (χ3n) is 2.08. The van der Waals surface area contributed by atoms with Crippen molar-refractivity contribution in [3.8, 4) is 0 Å². The highest BCUT2D eigenvalue weighted by Crippen LogP contribution is 2.54. The smallest absolute Gasteiger partial charge is 0.460 e. The van der Waals surface area contributed by atoms with E-state index in [9.17, 15) is 48.5 Å². The van der Waals surface area contributed by atoms with Gasteiger partial charge in [-0.1, -0.05) is 6.58 Å². The van der Waals surface area contributed by atoms with Gasteiger partial charge in [0.15, 0.2) is 0 Å². The third kappa shape index (κ3) is 3.22. The van der Waals surface area contributed by atoms with Crippen molar-refractivity contribution in [2.45, 2.75) is 30.2 Å². The number of hydrogen-bond acceptors (Lipinski definition) is 3. The predicted molar refractivity (Wildman–Crippen MR) is 54.8 cm³/mol. The first-order chi connectivity index (χ1) is 9.55. The van der Waals surface area contributed by atoms with Gasteiger partial charge in [0.2, 0.25) is 0 Å². The Morgan fingerprint density at radius 2 is 1.41 bits per heavy atom. The summed E-state index contributed by atoms with van der Waals surface area (Å²) in [4.78, 5) is 9.02. The molecule has 0 aliphatic carbocycles. The van der Waals surface area contributed by atoms with Gasteiger partial charge in [0.25, 0.3) is 0 Å². The Labute approximate surface area is 119 Å². The standard InChI is InChI=1S/C9H7F9O3S/c1-3-21-5(19)4(2)22(20)9(17,18)7(12,13)6(10,11)8(14,15)16/h2-3H2,1H3/t22-/m1/s1. The quantitative estimate of drug-likeness (QED) is 0.412. The summed E-state index contributed by atoms with van der Waals surface area (Å²) in [6, 6.07) is 0. The fraction of sp³-hybridized carbons (Fsp3) is 0.667. The number of hydrogen-bond donors (Lipinski definition) is 0. The molecule has 0 aromatic heterocycles. The van der Waals surface area contributed by atoms with Gasteiger partial charge in [-0.05, 0) is 6.92 Å². The maximum atomic E-state index is 13.2. The summed E-state index contributed by atoms with van der Waals surface area (Å²) in [6.45, 7) is 3.00. The number of carbonyl (C=O) groups is 1. The molecule has 0 aliphatic rings. The van der Waals surface area contributed by atoms with Crippen LogP contribution in [-0.4, -0.2) is 40.1 Å². The number of halogens is 9. The van der Waals surface area contributed by atoms with E-state index in [4.69, 9.17) is 0 Å². The first-order valence-electron chi connectivity index (χ1n) is 5.03. The van der Waals surface area contributed by atoms with Crippen LogP contribution in [0.5, 0.6) is 0 Å². The van der Waals surface area contributed by atoms with Gasteiger partial charge in [0.05, 0.1) is 6.61 Å². The van der Waals surface area contributed by atoms with Crippen LogP contribution in [0, 0.1) is 0 Å². The van der Waals surface area contributed by atoms with Crippen LogP contribution in [0.25, 0.3) is 0 Å². The van der Waals surface area contributed by atoms with Crippen molar-refractivity contribution in [1.29, 1.82) is 0 Å². The summed E-state index contributed by atoms with van der Waals surface area (Å²) in [7, 11) is -4.59. The highest BCUT2D eigenvalue weighted by molar-refractivity contribution is 7.91. The largest absolute Gasteiger partial charge is 0.462 e. The van der Waals surface area contributed by atoms with Crippen LogP contribution in [0.15, 0.2) is 11.5 Å². The third-order valence-corrected chi connectivity index (χ3v) is 3.41. The molecule has 0 unspecified atom stereocenters. The molecular formula is C9H7F9O3S. The molecule has 13 heteroatoms. The minimum absolute atomic E-state index is 0.504. The predicted octanol–water partition coefficient (Wildman–Crippen LogP) is 3.24. The lowest BCUT2D eigenvalue weighted by atomic mass is 10.1. The molecule has 130 valence electrons. The molecular weight excluding hydrogens is 359 g/mol. The van der Waals surface area contributed by atoms with Crippen LogP contribution in [-0.2, 0) is 20.3 Å². The SMILES string of the molecule is C=C(C(=O)OCC)[S@@](=O)C(F)(F)C(F)(F)C(F)(F)C(F)(F)F. The van der Waals surface area contributed by atoms with Gasteiger partial charge in [-0.15, -0.1) is 0 Å². The van der Waals surface area contributed by atoms with Gasteiger partial charge in [0.1, 0.15) is 15.7 Å². The molecule has 3 nitrogen and oxygen atoms in total. The molecule has 0 amide bonds. The van der Waals surface area contributed by atoms with Crippen molar-refractivity contribution in [2.75, 3.05) is 6.61 Å². The lowest BCUT2D eigenvalue weighted by molar-refractivity contribution is -0.381. The van der Waals surface area contributed by atoms with Crippen LogP contribution in [0.1, 0.15) is 6.92 Å². The zero-order valence-corrected chi connectivity index (χ0v) is 11.3. The molecule has 0 aliphatic heterocycles. The fourth-order valence-corrected chi connectivity index (χ4v) is 1.80. The number of ether oxygens (including phenoxy) is 1. The van der Waals surface area contributed by atoms with Crippen molar-refractivity contribution in [1.82, 2.24) is 0 Å². The average Bonchev–Trinajstić information content (AvgIpc) is 2.35. The van der Waals surface area contributed by atoms with E-state index < -0.39 is 51.6 Å². The van der Waals surface area contributed by atoms with Gasteiger partial charge < -0.3 is 4.74 Å². The molecule has 0 aromatic carbocycles. The molecule has 0 radical (unpaired) electrons. The normalized spacial score (nSPS) is 15.4. The Hall–Kier alpha value is -1.27. The zero-order valence-electron chi connectivity index (χ0n) is 10.4. The topological polar surface area (TPSA) is 43.4 Å². The first kappa shape index (κ1) is 20.7. The van der Waals surface area contributed by atoms with Crippen molar-refractivity contribution < 1.29 is 53.3 Å². The number of alkyl halides is 9. The second kappa shape index (κ2) is 6.08. The van der Waals surface area contributed by atoms with Crippen LogP contribution >= 0.6 is 0 Å². The maximum absolute atomic E-state index is 13.2. The van der Waals surface area contributed by atoms with Crippen LogP contribution in [0.2, 0.25) is 0 Å². The highest BCUT2D eigenvalue weighted by atomic mass is 32.2. The van der Waals surface area contributed by atoms with Crippen molar-refractivity contribution in [3.05, 3.63) is 11.5 Å². The molecule has 0 rings (SSSR count). The second-order valence-electron chi connectivity index (χ2n) is 3.58. The molecule has 0 N–H and O–H groups in total. The van der Waals surface area contributed by atoms with Gasteiger partial charge >= 0.3 is 29.2 Å². The minimum Gasteiger partial charge on any atom is -0.462 e.